The van der Waals surface area contributed by atoms with Gasteiger partial charge in [-0.3, -0.25) is 0 Å². The van der Waals surface area contributed by atoms with Crippen LogP contribution in [-0.2, 0) is 19.6 Å². The number of nitrogens with two attached hydrogens (primary N) is 3. The van der Waals surface area contributed by atoms with E-state index in [-0.39, 0.29) is 0 Å². The fourth-order valence-corrected chi connectivity index (χ4v) is 8.14. The van der Waals surface area contributed by atoms with Crippen molar-refractivity contribution in [1.29, 1.82) is 0 Å². The van der Waals surface area contributed by atoms with Gasteiger partial charge < -0.3 is 46.0 Å². The van der Waals surface area contributed by atoms with Gasteiger partial charge >= 0.3 is 0 Å². The van der Waals surface area contributed by atoms with E-state index < -0.39 is 0 Å². The van der Waals surface area contributed by atoms with Crippen LogP contribution < -0.4 is 32.3 Å². The van der Waals surface area contributed by atoms with Crippen molar-refractivity contribution in [2.24, 2.45) is 17.8 Å². The van der Waals surface area contributed by atoms with Crippen molar-refractivity contribution in [3.05, 3.63) is 72.8 Å². The van der Waals surface area contributed by atoms with Crippen LogP contribution in [-0.4, -0.2) is 78.3 Å². The zero-order valence-corrected chi connectivity index (χ0v) is 38.6. The smallest absolute Gasteiger partial charge is 0.206 e. The van der Waals surface area contributed by atoms with Gasteiger partial charge in [0.05, 0.1) is 33.1 Å². The normalized spacial score (nSPS) is 11.7. The molecule has 0 fully saturated rings. The maximum Gasteiger partial charge on any atom is 0.206 e. The van der Waals surface area contributed by atoms with E-state index in [1.165, 1.54) is 0 Å². The van der Waals surface area contributed by atoms with Gasteiger partial charge in [0.25, 0.3) is 0 Å². The Balaban J connectivity index is 0.000000142. The molecule has 9 rings (SSSR count). The molecule has 15 nitrogen and oxygen atoms in total. The molecule has 0 spiro atoms. The number of imidazole rings is 3. The highest BCUT2D eigenvalue weighted by Crippen LogP contribution is 2.34. The molecule has 0 unspecified atom stereocenters. The second-order valence-corrected chi connectivity index (χ2v) is 17.6. The van der Waals surface area contributed by atoms with Gasteiger partial charge in [0.1, 0.15) is 16.6 Å². The van der Waals surface area contributed by atoms with Gasteiger partial charge in [-0.15, -0.1) is 0 Å². The Morgan fingerprint density at radius 3 is 1.24 bits per heavy atom. The van der Waals surface area contributed by atoms with Crippen molar-refractivity contribution < 1.29 is 0 Å². The molecular weight excluding hydrogens is 787 g/mol. The highest BCUT2D eigenvalue weighted by Gasteiger charge is 2.21. The predicted octanol–water partition coefficient (Wildman–Crippen LogP) is 9.03. The number of nitrogens with one attached hydrogen (secondary N) is 1. The fourth-order valence-electron chi connectivity index (χ4n) is 8.14. The van der Waals surface area contributed by atoms with E-state index in [1.807, 2.05) is 80.6 Å². The lowest BCUT2D eigenvalue weighted by Crippen LogP contribution is -2.21. The van der Waals surface area contributed by atoms with Gasteiger partial charge in [-0.2, -0.15) is 0 Å². The quantitative estimate of drug-likeness (QED) is 0.102. The first-order chi connectivity index (χ1) is 30.1. The zero-order valence-electron chi connectivity index (χ0n) is 38.6. The van der Waals surface area contributed by atoms with E-state index in [1.54, 1.807) is 0 Å². The van der Waals surface area contributed by atoms with Gasteiger partial charge in [0.15, 0.2) is 17.5 Å². The Bertz CT molecular complexity index is 3040. The molecule has 0 saturated heterocycles. The van der Waals surface area contributed by atoms with Crippen molar-refractivity contribution in [3.8, 4) is 0 Å². The Labute approximate surface area is 369 Å². The summed E-state index contributed by atoms with van der Waals surface area (Å²) in [6.45, 7) is 18.9. The van der Waals surface area contributed by atoms with Crippen LogP contribution in [0.5, 0.6) is 0 Å². The van der Waals surface area contributed by atoms with Crippen molar-refractivity contribution in [2.75, 3.05) is 67.1 Å². The first kappa shape index (κ1) is 44.2. The summed E-state index contributed by atoms with van der Waals surface area (Å²) in [6, 6.07) is 24.3. The summed E-state index contributed by atoms with van der Waals surface area (Å²) in [5, 5.41) is 6.45. The molecule has 63 heavy (non-hydrogen) atoms. The lowest BCUT2D eigenvalue weighted by molar-refractivity contribution is 0.531. The standard InChI is InChI=1S/C17H23N5.C16H21N5.C15H19N5/c1-5-21(4)17-20-14-15(22(17)10-11(2)3)12-8-6-7-9-13(12)19-16(14)18;1-10(2)9-21-14-11-7-5-6-8-12(11)18-15(17)13(14)19-16(21)20(3)4;1-9(2)8-20-13-10-6-4-5-7-11(10)18-14(16)12(13)19-15(20)17-3/h6-9,11H,5,10H2,1-4H3,(H2,18,19);5-8,10H,9H2,1-4H3,(H2,17,18);4-7,9H,8H2,1-3H3,(H2,16,18)(H,17,19). The van der Waals surface area contributed by atoms with Crippen molar-refractivity contribution in [1.82, 2.24) is 43.6 Å². The molecule has 0 atom stereocenters. The SMILES string of the molecule is CC(C)Cn1c(N(C)C)nc2c(N)nc3ccccc3c21.CCN(C)c1nc2c(N)nc3ccccc3c2n1CC(C)C.CNc1nc2c(N)nc3ccccc3c2n1CC(C)C. The maximum absolute atomic E-state index is 6.17. The molecule has 9 aromatic rings. The van der Waals surface area contributed by atoms with Gasteiger partial charge in [0.2, 0.25) is 17.8 Å². The van der Waals surface area contributed by atoms with E-state index in [0.29, 0.717) is 35.2 Å². The third-order valence-electron chi connectivity index (χ3n) is 10.9. The topological polar surface area (TPSA) is 189 Å². The van der Waals surface area contributed by atoms with Gasteiger partial charge in [-0.25, -0.2) is 29.9 Å². The average molecular weight is 850 g/mol. The third-order valence-corrected chi connectivity index (χ3v) is 10.9. The molecule has 6 aromatic heterocycles. The number of nitrogen functional groups attached to an aromatic ring is 3. The number of hydrogen-bond donors (Lipinski definition) is 4. The highest BCUT2D eigenvalue weighted by molar-refractivity contribution is 6.09. The van der Waals surface area contributed by atoms with Crippen LogP contribution in [0.2, 0.25) is 0 Å². The summed E-state index contributed by atoms with van der Waals surface area (Å²) in [4.78, 5) is 31.7. The second kappa shape index (κ2) is 18.2. The summed E-state index contributed by atoms with van der Waals surface area (Å²) >= 11 is 0. The minimum atomic E-state index is 0.484. The number of anilines is 6. The van der Waals surface area contributed by atoms with Gasteiger partial charge in [0, 0.05) is 70.5 Å². The van der Waals surface area contributed by atoms with Crippen LogP contribution in [0.25, 0.3) is 65.8 Å². The van der Waals surface area contributed by atoms with Crippen molar-refractivity contribution >= 4 is 101 Å². The van der Waals surface area contributed by atoms with Crippen LogP contribution in [0.3, 0.4) is 0 Å². The summed E-state index contributed by atoms with van der Waals surface area (Å²) in [7, 11) is 7.95. The zero-order chi connectivity index (χ0) is 45.3. The Morgan fingerprint density at radius 2 is 0.857 bits per heavy atom. The molecule has 6 heterocycles. The first-order valence-corrected chi connectivity index (χ1v) is 21.8. The molecule has 330 valence electrons. The van der Waals surface area contributed by atoms with Crippen LogP contribution >= 0.6 is 0 Å². The van der Waals surface area contributed by atoms with Crippen LogP contribution in [0.15, 0.2) is 72.8 Å². The van der Waals surface area contributed by atoms with Gasteiger partial charge in [-0.05, 0) is 42.9 Å². The molecule has 0 radical (unpaired) electrons. The van der Waals surface area contributed by atoms with Gasteiger partial charge in [-0.1, -0.05) is 96.1 Å². The summed E-state index contributed by atoms with van der Waals surface area (Å²) in [5.41, 5.74) is 26.7. The predicted molar refractivity (Wildman–Crippen MR) is 266 cm³/mol. The number of nitrogens with zero attached hydrogens (tertiary/aromatic N) is 11. The molecule has 7 N–H and O–H groups in total. The Kier molecular flexibility index (Phi) is 12.8. The molecule has 15 heteroatoms. The third kappa shape index (κ3) is 8.64. The minimum absolute atomic E-state index is 0.484. The molecule has 3 aromatic carbocycles. The highest BCUT2D eigenvalue weighted by atomic mass is 15.3. The monoisotopic (exact) mass is 850 g/mol. The molecule has 0 saturated carbocycles. The van der Waals surface area contributed by atoms with Crippen LogP contribution in [0, 0.1) is 17.8 Å². The first-order valence-electron chi connectivity index (χ1n) is 21.8. The average Bonchev–Trinajstić information content (AvgIpc) is 3.94. The number of para-hydroxylation sites is 3. The minimum Gasteiger partial charge on any atom is -0.382 e. The Morgan fingerprint density at radius 1 is 0.508 bits per heavy atom. The molecule has 0 aliphatic heterocycles. The Hall–Kier alpha value is -6.90. The molecule has 0 bridgehead atoms. The number of fused-ring (bicyclic) bond motifs is 9. The van der Waals surface area contributed by atoms with Crippen LogP contribution in [0.4, 0.5) is 35.3 Å². The largest absolute Gasteiger partial charge is 0.382 e. The fraction of sp³-hybridized carbons (Fsp3) is 0.375. The van der Waals surface area contributed by atoms with E-state index in [4.69, 9.17) is 27.2 Å². The molecule has 0 aliphatic rings. The summed E-state index contributed by atoms with van der Waals surface area (Å²) < 4.78 is 6.73. The lowest BCUT2D eigenvalue weighted by Gasteiger charge is -2.19. The van der Waals surface area contributed by atoms with E-state index in [2.05, 4.69) is 118 Å². The number of aromatic nitrogens is 9. The summed E-state index contributed by atoms with van der Waals surface area (Å²) in [5.74, 6) is 5.75. The second-order valence-electron chi connectivity index (χ2n) is 17.6. The number of hydrogen-bond acceptors (Lipinski definition) is 12. The van der Waals surface area contributed by atoms with E-state index in [0.717, 1.165) is 110 Å². The number of benzene rings is 3. The number of pyridine rings is 3. The molecule has 0 aliphatic carbocycles. The van der Waals surface area contributed by atoms with Crippen LogP contribution in [0.1, 0.15) is 48.5 Å². The number of rotatable bonds is 10. The lowest BCUT2D eigenvalue weighted by atomic mass is 10.1. The van der Waals surface area contributed by atoms with Crippen molar-refractivity contribution in [2.45, 2.75) is 68.1 Å². The molecular formula is C48H63N15. The van der Waals surface area contributed by atoms with E-state index in [9.17, 15) is 0 Å². The van der Waals surface area contributed by atoms with Crippen molar-refractivity contribution in [3.63, 3.8) is 0 Å². The molecule has 0 amide bonds. The van der Waals surface area contributed by atoms with E-state index >= 15 is 0 Å². The summed E-state index contributed by atoms with van der Waals surface area (Å²) in [6.07, 6.45) is 0. The maximum atomic E-state index is 6.17.